The molecule has 0 aromatic heterocycles. The third-order valence-electron chi connectivity index (χ3n) is 3.39. The molecule has 11 heteroatoms. The summed E-state index contributed by atoms with van der Waals surface area (Å²) in [5, 5.41) is 7.26. The first-order chi connectivity index (χ1) is 11.8. The lowest BCUT2D eigenvalue weighted by Gasteiger charge is -2.16. The van der Waals surface area contributed by atoms with E-state index < -0.39 is 44.1 Å². The number of nitrogens with two attached hydrogens (primary N) is 1. The summed E-state index contributed by atoms with van der Waals surface area (Å²) in [6.07, 6.45) is -9.37. The summed E-state index contributed by atoms with van der Waals surface area (Å²) < 4.78 is 99.3. The number of alkyl halides is 6. The molecule has 0 saturated heterocycles. The van der Waals surface area contributed by atoms with E-state index in [1.54, 1.807) is 0 Å². The molecule has 0 unspecified atom stereocenters. The molecule has 2 aromatic rings. The molecule has 0 aliphatic carbocycles. The quantitative estimate of drug-likeness (QED) is 0.766. The Hall–Kier alpha value is -2.27. The largest absolute Gasteiger partial charge is 0.418 e. The molecule has 142 valence electrons. The fraction of sp³-hybridized carbons (Fsp3) is 0.200. The Morgan fingerprint density at radius 3 is 1.92 bits per heavy atom. The topological polar surface area (TPSA) is 72.2 Å². The van der Waals surface area contributed by atoms with Gasteiger partial charge in [0, 0.05) is 12.2 Å². The Kier molecular flexibility index (Phi) is 5.24. The van der Waals surface area contributed by atoms with Gasteiger partial charge < -0.3 is 5.32 Å². The minimum absolute atomic E-state index is 0.198. The van der Waals surface area contributed by atoms with Gasteiger partial charge >= 0.3 is 12.4 Å². The summed E-state index contributed by atoms with van der Waals surface area (Å²) in [7, 11) is -4.32. The van der Waals surface area contributed by atoms with Crippen LogP contribution in [0.1, 0.15) is 16.7 Å². The van der Waals surface area contributed by atoms with Gasteiger partial charge in [0.15, 0.2) is 0 Å². The van der Waals surface area contributed by atoms with Gasteiger partial charge in [-0.25, -0.2) is 13.6 Å². The maximum Gasteiger partial charge on any atom is 0.418 e. The number of primary sulfonamides is 1. The molecule has 4 nitrogen and oxygen atoms in total. The lowest BCUT2D eigenvalue weighted by molar-refractivity contribution is -0.138. The summed E-state index contributed by atoms with van der Waals surface area (Å²) in [5.74, 6) is 0. The van der Waals surface area contributed by atoms with E-state index in [9.17, 15) is 34.8 Å². The number of sulfonamides is 1. The van der Waals surface area contributed by atoms with Crippen LogP contribution < -0.4 is 10.5 Å². The van der Waals surface area contributed by atoms with Gasteiger partial charge in [-0.15, -0.1) is 0 Å². The van der Waals surface area contributed by atoms with Crippen molar-refractivity contribution >= 4 is 15.7 Å². The number of nitrogens with one attached hydrogen (secondary N) is 1. The zero-order valence-electron chi connectivity index (χ0n) is 12.8. The molecule has 0 saturated carbocycles. The fourth-order valence-electron chi connectivity index (χ4n) is 2.10. The summed E-state index contributed by atoms with van der Waals surface area (Å²) in [4.78, 5) is -0.704. The molecule has 26 heavy (non-hydrogen) atoms. The van der Waals surface area contributed by atoms with E-state index >= 15 is 0 Å². The van der Waals surface area contributed by atoms with Crippen LogP contribution in [0, 0.1) is 0 Å². The van der Waals surface area contributed by atoms with Gasteiger partial charge in [-0.05, 0) is 35.9 Å². The summed E-state index contributed by atoms with van der Waals surface area (Å²) in [6.45, 7) is -0.198. The molecule has 0 spiro atoms. The van der Waals surface area contributed by atoms with Crippen LogP contribution in [0.3, 0.4) is 0 Å². The summed E-state index contributed by atoms with van der Waals surface area (Å²) in [6, 6.07) is 6.07. The average molecular weight is 398 g/mol. The van der Waals surface area contributed by atoms with E-state index in [2.05, 4.69) is 5.32 Å². The molecule has 2 rings (SSSR count). The van der Waals surface area contributed by atoms with Crippen LogP contribution in [0.4, 0.5) is 32.0 Å². The van der Waals surface area contributed by atoms with Crippen molar-refractivity contribution in [2.75, 3.05) is 5.32 Å². The van der Waals surface area contributed by atoms with Crippen molar-refractivity contribution in [3.63, 3.8) is 0 Å². The van der Waals surface area contributed by atoms with Crippen molar-refractivity contribution in [1.29, 1.82) is 0 Å². The predicted molar refractivity (Wildman–Crippen MR) is 81.6 cm³/mol. The molecule has 0 atom stereocenters. The second-order valence-corrected chi connectivity index (χ2v) is 6.86. The second kappa shape index (κ2) is 6.80. The van der Waals surface area contributed by atoms with E-state index in [1.165, 1.54) is 0 Å². The summed E-state index contributed by atoms with van der Waals surface area (Å²) >= 11 is 0. The van der Waals surface area contributed by atoms with Gasteiger partial charge in [0.2, 0.25) is 10.0 Å². The molecule has 0 radical (unpaired) electrons. The van der Waals surface area contributed by atoms with Crippen molar-refractivity contribution in [2.45, 2.75) is 23.8 Å². The van der Waals surface area contributed by atoms with Gasteiger partial charge in [-0.1, -0.05) is 12.1 Å². The predicted octanol–water partition coefficient (Wildman–Crippen LogP) is 3.98. The number of halogens is 6. The van der Waals surface area contributed by atoms with Crippen molar-refractivity contribution < 1.29 is 34.8 Å². The molecule has 0 fully saturated rings. The lowest BCUT2D eigenvalue weighted by Crippen LogP contribution is -2.16. The number of rotatable bonds is 4. The van der Waals surface area contributed by atoms with E-state index in [-0.39, 0.29) is 6.54 Å². The van der Waals surface area contributed by atoms with Crippen LogP contribution in [-0.2, 0) is 28.9 Å². The van der Waals surface area contributed by atoms with Crippen LogP contribution in [0.15, 0.2) is 47.4 Å². The molecule has 0 aliphatic rings. The first kappa shape index (κ1) is 20.0. The molecule has 0 aliphatic heterocycles. The number of anilines is 1. The first-order valence-electron chi connectivity index (χ1n) is 6.92. The van der Waals surface area contributed by atoms with Gasteiger partial charge in [-0.2, -0.15) is 26.3 Å². The summed E-state index contributed by atoms with van der Waals surface area (Å²) in [5.41, 5.74) is -2.25. The molecular formula is C15H12F6N2O2S. The highest BCUT2D eigenvalue weighted by Crippen LogP contribution is 2.36. The second-order valence-electron chi connectivity index (χ2n) is 5.30. The van der Waals surface area contributed by atoms with Crippen LogP contribution in [-0.4, -0.2) is 8.42 Å². The van der Waals surface area contributed by atoms with Crippen molar-refractivity contribution in [3.05, 3.63) is 59.2 Å². The van der Waals surface area contributed by atoms with Gasteiger partial charge in [-0.3, -0.25) is 0 Å². The number of hydrogen-bond acceptors (Lipinski definition) is 3. The van der Waals surface area contributed by atoms with Crippen LogP contribution in [0.2, 0.25) is 0 Å². The minimum atomic E-state index is -4.86. The molecular weight excluding hydrogens is 386 g/mol. The molecule has 0 heterocycles. The maximum absolute atomic E-state index is 13.1. The monoisotopic (exact) mass is 398 g/mol. The zero-order chi connectivity index (χ0) is 19.8. The third-order valence-corrected chi connectivity index (χ3v) is 4.30. The Labute approximate surface area is 144 Å². The first-order valence-corrected chi connectivity index (χ1v) is 8.47. The Morgan fingerprint density at radius 2 is 1.46 bits per heavy atom. The van der Waals surface area contributed by atoms with Crippen LogP contribution in [0.25, 0.3) is 0 Å². The van der Waals surface area contributed by atoms with Crippen LogP contribution in [0.5, 0.6) is 0 Å². The van der Waals surface area contributed by atoms with Crippen molar-refractivity contribution in [2.24, 2.45) is 5.14 Å². The zero-order valence-corrected chi connectivity index (χ0v) is 13.6. The average Bonchev–Trinajstić information content (AvgIpc) is 2.50. The standard InChI is InChI=1S/C15H12F6N2O2S/c16-14(17,18)10-3-1-9(2-4-10)8-23-13-6-5-11(26(22,24)25)7-12(13)15(19,20)21/h1-7,23H,8H2,(H2,22,24,25). The normalized spacial score (nSPS) is 12.9. The van der Waals surface area contributed by atoms with Crippen molar-refractivity contribution in [1.82, 2.24) is 0 Å². The number of benzene rings is 2. The minimum Gasteiger partial charge on any atom is -0.380 e. The maximum atomic E-state index is 13.1. The third kappa shape index (κ3) is 4.88. The molecule has 0 bridgehead atoms. The highest BCUT2D eigenvalue weighted by atomic mass is 32.2. The van der Waals surface area contributed by atoms with Crippen molar-refractivity contribution in [3.8, 4) is 0 Å². The molecule has 2 aromatic carbocycles. The highest BCUT2D eigenvalue weighted by Gasteiger charge is 2.34. The van der Waals surface area contributed by atoms with E-state index in [0.717, 1.165) is 36.4 Å². The van der Waals surface area contributed by atoms with E-state index in [4.69, 9.17) is 5.14 Å². The SMILES string of the molecule is NS(=O)(=O)c1ccc(NCc2ccc(C(F)(F)F)cc2)c(C(F)(F)F)c1. The lowest BCUT2D eigenvalue weighted by atomic mass is 10.1. The van der Waals surface area contributed by atoms with Crippen LogP contribution >= 0.6 is 0 Å². The van der Waals surface area contributed by atoms with Gasteiger partial charge in [0.1, 0.15) is 0 Å². The Bertz CT molecular complexity index is 890. The van der Waals surface area contributed by atoms with Gasteiger partial charge in [0.05, 0.1) is 16.0 Å². The Morgan fingerprint density at radius 1 is 0.885 bits per heavy atom. The van der Waals surface area contributed by atoms with Gasteiger partial charge in [0.25, 0.3) is 0 Å². The number of hydrogen-bond donors (Lipinski definition) is 2. The van der Waals surface area contributed by atoms with E-state index in [0.29, 0.717) is 11.6 Å². The fourth-order valence-corrected chi connectivity index (χ4v) is 2.64. The molecule has 0 amide bonds. The molecule has 3 N–H and O–H groups in total. The van der Waals surface area contributed by atoms with E-state index in [1.807, 2.05) is 0 Å². The highest BCUT2D eigenvalue weighted by molar-refractivity contribution is 7.89. The Balaban J connectivity index is 2.26. The smallest absolute Gasteiger partial charge is 0.380 e.